The van der Waals surface area contributed by atoms with Crippen molar-refractivity contribution in [3.8, 4) is 0 Å². The quantitative estimate of drug-likeness (QED) is 0.204. The van der Waals surface area contributed by atoms with Gasteiger partial charge in [-0.3, -0.25) is 19.9 Å². The molecule has 0 bridgehead atoms. The first-order chi connectivity index (χ1) is 14.8. The van der Waals surface area contributed by atoms with Gasteiger partial charge < -0.3 is 9.64 Å². The lowest BCUT2D eigenvalue weighted by Crippen LogP contribution is -2.32. The van der Waals surface area contributed by atoms with E-state index in [4.69, 9.17) is 4.74 Å². The Bertz CT molecular complexity index is 894. The highest BCUT2D eigenvalue weighted by Crippen LogP contribution is 2.29. The Labute approximate surface area is 183 Å². The van der Waals surface area contributed by atoms with Gasteiger partial charge in [-0.15, -0.1) is 0 Å². The number of likely N-dealkylation sites (N-methyl/N-ethyl adjacent to an activating group) is 1. The average Bonchev–Trinajstić information content (AvgIpc) is 2.78. The SMILES string of the molecule is CCCC(C)(CC)C(=O)OCCN(C)c1ccc(N=Cc2ccc([N+](=O)[O-])cc2)cc1. The number of aliphatic imine (C=N–C) groups is 1. The molecule has 7 nitrogen and oxygen atoms in total. The molecule has 0 heterocycles. The molecule has 1 atom stereocenters. The van der Waals surface area contributed by atoms with Crippen molar-refractivity contribution in [2.75, 3.05) is 25.1 Å². The minimum atomic E-state index is -0.426. The van der Waals surface area contributed by atoms with Crippen LogP contribution in [0.1, 0.15) is 45.6 Å². The Morgan fingerprint density at radius 2 is 1.81 bits per heavy atom. The molecule has 2 rings (SSSR count). The van der Waals surface area contributed by atoms with Gasteiger partial charge in [0.1, 0.15) is 6.61 Å². The van der Waals surface area contributed by atoms with E-state index in [9.17, 15) is 14.9 Å². The molecule has 7 heteroatoms. The summed E-state index contributed by atoms with van der Waals surface area (Å²) in [5.74, 6) is -0.124. The van der Waals surface area contributed by atoms with Crippen LogP contribution in [0.3, 0.4) is 0 Å². The van der Waals surface area contributed by atoms with Crippen LogP contribution in [-0.2, 0) is 9.53 Å². The summed E-state index contributed by atoms with van der Waals surface area (Å²) in [6.45, 7) is 7.01. The molecule has 0 saturated heterocycles. The van der Waals surface area contributed by atoms with Gasteiger partial charge in [-0.1, -0.05) is 20.3 Å². The van der Waals surface area contributed by atoms with Crippen LogP contribution >= 0.6 is 0 Å². The van der Waals surface area contributed by atoms with E-state index in [-0.39, 0.29) is 11.7 Å². The minimum Gasteiger partial charge on any atom is -0.463 e. The zero-order valence-electron chi connectivity index (χ0n) is 18.7. The highest BCUT2D eigenvalue weighted by Gasteiger charge is 2.31. The van der Waals surface area contributed by atoms with E-state index in [2.05, 4.69) is 11.9 Å². The predicted octanol–water partition coefficient (Wildman–Crippen LogP) is 5.54. The number of non-ortho nitro benzene ring substituents is 1. The summed E-state index contributed by atoms with van der Waals surface area (Å²) in [5, 5.41) is 10.7. The third kappa shape index (κ3) is 6.91. The van der Waals surface area contributed by atoms with Gasteiger partial charge in [-0.05, 0) is 61.7 Å². The van der Waals surface area contributed by atoms with Crippen molar-refractivity contribution in [1.29, 1.82) is 0 Å². The molecular weight excluding hydrogens is 394 g/mol. The van der Waals surface area contributed by atoms with Gasteiger partial charge in [0, 0.05) is 31.1 Å². The first kappa shape index (κ1) is 24.1. The number of benzene rings is 2. The summed E-state index contributed by atoms with van der Waals surface area (Å²) in [5.41, 5.74) is 2.21. The molecule has 31 heavy (non-hydrogen) atoms. The summed E-state index contributed by atoms with van der Waals surface area (Å²) in [4.78, 5) is 29.1. The number of rotatable bonds is 11. The number of carbonyl (C=O) groups is 1. The molecule has 0 spiro atoms. The lowest BCUT2D eigenvalue weighted by Gasteiger charge is -2.26. The lowest BCUT2D eigenvalue weighted by molar-refractivity contribution is -0.384. The van der Waals surface area contributed by atoms with Gasteiger partial charge in [-0.25, -0.2) is 0 Å². The summed E-state index contributed by atoms with van der Waals surface area (Å²) >= 11 is 0. The van der Waals surface area contributed by atoms with Crippen molar-refractivity contribution >= 4 is 29.2 Å². The first-order valence-corrected chi connectivity index (χ1v) is 10.6. The second kappa shape index (κ2) is 11.2. The molecule has 0 saturated carbocycles. The van der Waals surface area contributed by atoms with Gasteiger partial charge in [0.2, 0.25) is 0 Å². The molecule has 0 amide bonds. The van der Waals surface area contributed by atoms with E-state index in [0.717, 1.165) is 36.2 Å². The molecule has 0 aromatic heterocycles. The van der Waals surface area contributed by atoms with Crippen LogP contribution in [0.25, 0.3) is 0 Å². The lowest BCUT2D eigenvalue weighted by atomic mass is 9.83. The first-order valence-electron chi connectivity index (χ1n) is 10.6. The zero-order valence-corrected chi connectivity index (χ0v) is 18.7. The number of nitrogens with zero attached hydrogens (tertiary/aromatic N) is 3. The predicted molar refractivity (Wildman–Crippen MR) is 124 cm³/mol. The Morgan fingerprint density at radius 1 is 1.16 bits per heavy atom. The van der Waals surface area contributed by atoms with Crippen molar-refractivity contribution in [2.24, 2.45) is 10.4 Å². The molecule has 0 aliphatic heterocycles. The summed E-state index contributed by atoms with van der Waals surface area (Å²) < 4.78 is 5.53. The molecule has 0 N–H and O–H groups in total. The second-order valence-corrected chi connectivity index (χ2v) is 7.84. The van der Waals surface area contributed by atoms with Crippen LogP contribution in [-0.4, -0.2) is 37.3 Å². The number of hydrogen-bond acceptors (Lipinski definition) is 6. The van der Waals surface area contributed by atoms with Crippen LogP contribution < -0.4 is 4.90 Å². The topological polar surface area (TPSA) is 85.0 Å². The van der Waals surface area contributed by atoms with E-state index in [0.29, 0.717) is 13.2 Å². The normalized spacial score (nSPS) is 13.0. The van der Waals surface area contributed by atoms with Crippen molar-refractivity contribution < 1.29 is 14.5 Å². The van der Waals surface area contributed by atoms with Crippen LogP contribution in [0.2, 0.25) is 0 Å². The van der Waals surface area contributed by atoms with Crippen molar-refractivity contribution in [1.82, 2.24) is 0 Å². The Kier molecular flexibility index (Phi) is 8.73. The Morgan fingerprint density at radius 3 is 2.35 bits per heavy atom. The number of nitro groups is 1. The fourth-order valence-electron chi connectivity index (χ4n) is 3.18. The van der Waals surface area contributed by atoms with E-state index in [1.54, 1.807) is 18.3 Å². The fourth-order valence-corrected chi connectivity index (χ4v) is 3.18. The van der Waals surface area contributed by atoms with Gasteiger partial charge in [-0.2, -0.15) is 0 Å². The summed E-state index contributed by atoms with van der Waals surface area (Å²) in [6, 6.07) is 13.9. The maximum absolute atomic E-state index is 12.4. The minimum absolute atomic E-state index is 0.0555. The molecule has 2 aromatic rings. The molecule has 0 aliphatic rings. The maximum Gasteiger partial charge on any atom is 0.311 e. The highest BCUT2D eigenvalue weighted by atomic mass is 16.6. The third-order valence-corrected chi connectivity index (χ3v) is 5.49. The van der Waals surface area contributed by atoms with Gasteiger partial charge in [0.15, 0.2) is 0 Å². The van der Waals surface area contributed by atoms with Crippen LogP contribution in [0.4, 0.5) is 17.1 Å². The number of ether oxygens (including phenoxy) is 1. The van der Waals surface area contributed by atoms with Gasteiger partial charge in [0.05, 0.1) is 22.6 Å². The maximum atomic E-state index is 12.4. The van der Waals surface area contributed by atoms with Crippen molar-refractivity contribution in [2.45, 2.75) is 40.0 Å². The molecule has 0 radical (unpaired) electrons. The monoisotopic (exact) mass is 425 g/mol. The molecule has 1 unspecified atom stereocenters. The van der Waals surface area contributed by atoms with Crippen molar-refractivity contribution in [3.63, 3.8) is 0 Å². The molecule has 0 aliphatic carbocycles. The summed E-state index contributed by atoms with van der Waals surface area (Å²) in [7, 11) is 1.95. The smallest absolute Gasteiger partial charge is 0.311 e. The van der Waals surface area contributed by atoms with Crippen LogP contribution in [0.15, 0.2) is 53.5 Å². The Balaban J connectivity index is 1.88. The summed E-state index contributed by atoms with van der Waals surface area (Å²) in [6.07, 6.45) is 4.23. The van der Waals surface area contributed by atoms with E-state index >= 15 is 0 Å². The largest absolute Gasteiger partial charge is 0.463 e. The number of esters is 1. The Hall–Kier alpha value is -3.22. The number of nitro benzene ring substituents is 1. The van der Waals surface area contributed by atoms with E-state index < -0.39 is 10.3 Å². The number of carbonyl (C=O) groups excluding carboxylic acids is 1. The number of hydrogen-bond donors (Lipinski definition) is 0. The molecule has 2 aromatic carbocycles. The second-order valence-electron chi connectivity index (χ2n) is 7.84. The molecule has 0 fully saturated rings. The van der Waals surface area contributed by atoms with E-state index in [1.165, 1.54) is 12.1 Å². The van der Waals surface area contributed by atoms with Gasteiger partial charge in [0.25, 0.3) is 5.69 Å². The van der Waals surface area contributed by atoms with E-state index in [1.807, 2.05) is 50.1 Å². The standard InChI is InChI=1S/C24H31N3O4/c1-5-15-24(3,6-2)23(28)31-17-16-26(4)21-13-9-20(10-14-21)25-18-19-7-11-22(12-8-19)27(29)30/h7-14,18H,5-6,15-17H2,1-4H3. The average molecular weight is 426 g/mol. The molecular formula is C24H31N3O4. The molecule has 166 valence electrons. The fraction of sp³-hybridized carbons (Fsp3) is 0.417. The van der Waals surface area contributed by atoms with Crippen LogP contribution in [0, 0.1) is 15.5 Å². The van der Waals surface area contributed by atoms with Crippen LogP contribution in [0.5, 0.6) is 0 Å². The number of anilines is 1. The van der Waals surface area contributed by atoms with Gasteiger partial charge >= 0.3 is 5.97 Å². The highest BCUT2D eigenvalue weighted by molar-refractivity contribution is 5.82. The third-order valence-electron chi connectivity index (χ3n) is 5.49. The van der Waals surface area contributed by atoms with Crippen molar-refractivity contribution in [3.05, 3.63) is 64.2 Å². The zero-order chi connectivity index (χ0) is 22.9.